The van der Waals surface area contributed by atoms with E-state index in [2.05, 4.69) is 10.6 Å². The van der Waals surface area contributed by atoms with E-state index in [9.17, 15) is 9.90 Å². The minimum absolute atomic E-state index is 0.156. The number of benzene rings is 1. The number of ether oxygens (including phenoxy) is 1. The van der Waals surface area contributed by atoms with Crippen molar-refractivity contribution < 1.29 is 14.6 Å². The molecule has 0 unspecified atom stereocenters. The van der Waals surface area contributed by atoms with Crippen molar-refractivity contribution in [3.05, 3.63) is 40.3 Å². The lowest BCUT2D eigenvalue weighted by atomic mass is 10.1. The summed E-state index contributed by atoms with van der Waals surface area (Å²) in [5.41, 5.74) is 2.33. The molecule has 120 valence electrons. The summed E-state index contributed by atoms with van der Waals surface area (Å²) in [5.74, 6) is -0.185. The number of esters is 1. The van der Waals surface area contributed by atoms with Crippen molar-refractivity contribution in [2.75, 3.05) is 17.7 Å². The predicted octanol–water partition coefficient (Wildman–Crippen LogP) is 3.54. The van der Waals surface area contributed by atoms with Crippen LogP contribution in [0.25, 0.3) is 0 Å². The van der Waals surface area contributed by atoms with Crippen LogP contribution in [-0.4, -0.2) is 23.3 Å². The Kier molecular flexibility index (Phi) is 4.49. The van der Waals surface area contributed by atoms with Crippen LogP contribution in [0.15, 0.2) is 24.3 Å². The van der Waals surface area contributed by atoms with Gasteiger partial charge in [-0.15, -0.1) is 11.3 Å². The number of aryl methyl sites for hydroxylation is 1. The number of phenols is 1. The third-order valence-corrected chi connectivity index (χ3v) is 5.05. The van der Waals surface area contributed by atoms with Crippen LogP contribution in [0.2, 0.25) is 0 Å². The van der Waals surface area contributed by atoms with Crippen LogP contribution < -0.4 is 10.6 Å². The number of carbonyl (C=O) groups is 1. The molecular formula is C16H16N2O3S2. The van der Waals surface area contributed by atoms with E-state index in [-0.39, 0.29) is 11.7 Å². The third-order valence-electron chi connectivity index (χ3n) is 3.64. The summed E-state index contributed by atoms with van der Waals surface area (Å²) in [5, 5.41) is 16.6. The average molecular weight is 348 g/mol. The average Bonchev–Trinajstić information content (AvgIpc) is 3.06. The van der Waals surface area contributed by atoms with Crippen LogP contribution in [0, 0.1) is 0 Å². The molecule has 1 heterocycles. The van der Waals surface area contributed by atoms with Crippen LogP contribution in [0.5, 0.6) is 5.75 Å². The Morgan fingerprint density at radius 2 is 2.17 bits per heavy atom. The van der Waals surface area contributed by atoms with Gasteiger partial charge in [-0.25, -0.2) is 4.79 Å². The van der Waals surface area contributed by atoms with Crippen molar-refractivity contribution in [2.24, 2.45) is 0 Å². The number of anilines is 2. The molecule has 0 saturated carbocycles. The lowest BCUT2D eigenvalue weighted by Crippen LogP contribution is -2.20. The maximum absolute atomic E-state index is 12.1. The predicted molar refractivity (Wildman–Crippen MR) is 95.6 cm³/mol. The first-order chi connectivity index (χ1) is 11.1. The van der Waals surface area contributed by atoms with Crippen LogP contribution in [0.3, 0.4) is 0 Å². The second kappa shape index (κ2) is 6.55. The molecule has 3 N–H and O–H groups in total. The van der Waals surface area contributed by atoms with Gasteiger partial charge in [0.1, 0.15) is 10.8 Å². The molecule has 2 aromatic rings. The van der Waals surface area contributed by atoms with Gasteiger partial charge in [0.2, 0.25) is 0 Å². The molecule has 1 aromatic heterocycles. The number of hydrogen-bond donors (Lipinski definition) is 3. The van der Waals surface area contributed by atoms with E-state index in [1.807, 2.05) is 0 Å². The number of rotatable bonds is 3. The van der Waals surface area contributed by atoms with E-state index in [0.717, 1.165) is 24.8 Å². The Bertz CT molecular complexity index is 771. The molecular weight excluding hydrogens is 332 g/mol. The van der Waals surface area contributed by atoms with Crippen LogP contribution >= 0.6 is 23.6 Å². The van der Waals surface area contributed by atoms with Crippen molar-refractivity contribution in [2.45, 2.75) is 19.3 Å². The van der Waals surface area contributed by atoms with E-state index in [4.69, 9.17) is 17.0 Å². The molecule has 1 aromatic carbocycles. The van der Waals surface area contributed by atoms with Crippen LogP contribution in [0.1, 0.15) is 27.2 Å². The highest BCUT2D eigenvalue weighted by Crippen LogP contribution is 2.39. The molecule has 0 spiro atoms. The van der Waals surface area contributed by atoms with Gasteiger partial charge < -0.3 is 20.5 Å². The maximum atomic E-state index is 12.1. The smallest absolute Gasteiger partial charge is 0.341 e. The Morgan fingerprint density at radius 1 is 1.35 bits per heavy atom. The van der Waals surface area contributed by atoms with Crippen LogP contribution in [-0.2, 0) is 17.6 Å². The van der Waals surface area contributed by atoms with Gasteiger partial charge in [0.15, 0.2) is 5.11 Å². The molecule has 7 heteroatoms. The number of nitrogens with one attached hydrogen (secondary N) is 2. The number of hydrogen-bond acceptors (Lipinski definition) is 5. The van der Waals surface area contributed by atoms with Gasteiger partial charge in [-0.3, -0.25) is 0 Å². The monoisotopic (exact) mass is 348 g/mol. The Morgan fingerprint density at radius 3 is 2.91 bits per heavy atom. The minimum Gasteiger partial charge on any atom is -0.508 e. The first-order valence-electron chi connectivity index (χ1n) is 7.18. The number of aromatic hydroxyl groups is 1. The molecule has 0 bridgehead atoms. The summed E-state index contributed by atoms with van der Waals surface area (Å²) in [6, 6.07) is 6.67. The number of thiophene rings is 1. The highest BCUT2D eigenvalue weighted by Gasteiger charge is 2.27. The van der Waals surface area contributed by atoms with Gasteiger partial charge in [-0.1, -0.05) is 6.07 Å². The number of methoxy groups -OCH3 is 1. The van der Waals surface area contributed by atoms with Gasteiger partial charge in [0.25, 0.3) is 0 Å². The van der Waals surface area contributed by atoms with E-state index >= 15 is 0 Å². The van der Waals surface area contributed by atoms with Crippen molar-refractivity contribution in [3.63, 3.8) is 0 Å². The summed E-state index contributed by atoms with van der Waals surface area (Å²) in [6.45, 7) is 0. The van der Waals surface area contributed by atoms with Gasteiger partial charge in [0, 0.05) is 16.6 Å². The summed E-state index contributed by atoms with van der Waals surface area (Å²) in [7, 11) is 1.38. The van der Waals surface area contributed by atoms with Crippen molar-refractivity contribution in [1.82, 2.24) is 0 Å². The zero-order valence-corrected chi connectivity index (χ0v) is 14.1. The van der Waals surface area contributed by atoms with E-state index in [0.29, 0.717) is 21.4 Å². The fourth-order valence-electron chi connectivity index (χ4n) is 2.66. The number of phenolic OH excluding ortho intramolecular Hbond substituents is 1. The standard InChI is InChI=1S/C16H16N2O3S2/c1-21-15(20)13-11-6-3-7-12(11)23-14(13)18-16(22)17-9-4-2-5-10(19)8-9/h2,4-5,8,19H,3,6-7H2,1H3,(H2,17,18,22). The topological polar surface area (TPSA) is 70.6 Å². The third kappa shape index (κ3) is 3.30. The van der Waals surface area contributed by atoms with Gasteiger partial charge >= 0.3 is 5.97 Å². The second-order valence-corrected chi connectivity index (χ2v) is 6.70. The zero-order chi connectivity index (χ0) is 16.4. The highest BCUT2D eigenvalue weighted by atomic mass is 32.1. The van der Waals surface area contributed by atoms with E-state index in [1.165, 1.54) is 12.0 Å². The summed E-state index contributed by atoms with van der Waals surface area (Å²) < 4.78 is 4.91. The summed E-state index contributed by atoms with van der Waals surface area (Å²) in [4.78, 5) is 13.3. The number of carbonyl (C=O) groups excluding carboxylic acids is 1. The first-order valence-corrected chi connectivity index (χ1v) is 8.41. The molecule has 3 rings (SSSR count). The SMILES string of the molecule is COC(=O)c1c(NC(=S)Nc2cccc(O)c2)sc2c1CCC2. The molecule has 23 heavy (non-hydrogen) atoms. The fourth-order valence-corrected chi connectivity index (χ4v) is 4.23. The van der Waals surface area contributed by atoms with Crippen molar-refractivity contribution >= 4 is 45.3 Å². The van der Waals surface area contributed by atoms with E-state index < -0.39 is 0 Å². The lowest BCUT2D eigenvalue weighted by molar-refractivity contribution is 0.0601. The zero-order valence-electron chi connectivity index (χ0n) is 12.5. The van der Waals surface area contributed by atoms with Gasteiger partial charge in [-0.05, 0) is 49.2 Å². The molecule has 1 aliphatic rings. The molecule has 0 aliphatic heterocycles. The summed E-state index contributed by atoms with van der Waals surface area (Å²) in [6.07, 6.45) is 2.94. The molecule has 0 radical (unpaired) electrons. The molecule has 5 nitrogen and oxygen atoms in total. The molecule has 0 atom stereocenters. The normalized spacial score (nSPS) is 12.6. The van der Waals surface area contributed by atoms with Gasteiger partial charge in [0.05, 0.1) is 12.7 Å². The fraction of sp³-hybridized carbons (Fsp3) is 0.250. The number of fused-ring (bicyclic) bond motifs is 1. The van der Waals surface area contributed by atoms with Gasteiger partial charge in [-0.2, -0.15) is 0 Å². The quantitative estimate of drug-likeness (QED) is 0.582. The second-order valence-electron chi connectivity index (χ2n) is 5.18. The van der Waals surface area contributed by atoms with Crippen molar-refractivity contribution in [1.29, 1.82) is 0 Å². The first kappa shape index (κ1) is 15.8. The Labute approximate surface area is 143 Å². The Hall–Kier alpha value is -2.12. The molecule has 1 aliphatic carbocycles. The molecule has 0 saturated heterocycles. The maximum Gasteiger partial charge on any atom is 0.341 e. The number of thiocarbonyl (C=S) groups is 1. The minimum atomic E-state index is -0.341. The molecule has 0 amide bonds. The van der Waals surface area contributed by atoms with Crippen LogP contribution in [0.4, 0.5) is 10.7 Å². The largest absolute Gasteiger partial charge is 0.508 e. The summed E-state index contributed by atoms with van der Waals surface area (Å²) >= 11 is 6.85. The van der Waals surface area contributed by atoms with E-state index in [1.54, 1.807) is 35.6 Å². The lowest BCUT2D eigenvalue weighted by Gasteiger charge is -2.11. The molecule has 0 fully saturated rings. The highest BCUT2D eigenvalue weighted by molar-refractivity contribution is 7.80. The van der Waals surface area contributed by atoms with Crippen molar-refractivity contribution in [3.8, 4) is 5.75 Å². The Balaban J connectivity index is 1.80.